The summed E-state index contributed by atoms with van der Waals surface area (Å²) in [6.07, 6.45) is 16.3. The number of nitrogens with zero attached hydrogens (tertiary/aromatic N) is 2. The Morgan fingerprint density at radius 1 is 0.981 bits per heavy atom. The van der Waals surface area contributed by atoms with Crippen LogP contribution in [0.4, 0.5) is 5.69 Å². The van der Waals surface area contributed by atoms with E-state index in [0.29, 0.717) is 0 Å². The first kappa shape index (κ1) is 39.6. The Labute approximate surface area is 330 Å². The maximum Gasteiger partial charge on any atom is 0.314 e. The number of benzene rings is 2. The number of carboxylic acids is 2. The molecule has 266 valence electrons. The summed E-state index contributed by atoms with van der Waals surface area (Å²) in [6.45, 7) is 12.2. The molecule has 52 heavy (non-hydrogen) atoms. The van der Waals surface area contributed by atoms with E-state index in [2.05, 4.69) is 116 Å². The first-order valence-corrected chi connectivity index (χ1v) is 21.7. The molecule has 1 aromatic heterocycles. The number of aliphatic carboxylic acids is 2. The predicted molar refractivity (Wildman–Crippen MR) is 226 cm³/mol. The smallest absolute Gasteiger partial charge is 0.314 e. The van der Waals surface area contributed by atoms with Gasteiger partial charge in [-0.05, 0) is 71.1 Å². The van der Waals surface area contributed by atoms with Gasteiger partial charge in [-0.15, -0.1) is 36.7 Å². The summed E-state index contributed by atoms with van der Waals surface area (Å²) < 4.78 is 3.04. The van der Waals surface area contributed by atoms with Crippen molar-refractivity contribution in [3.63, 3.8) is 0 Å². The first-order valence-electron chi connectivity index (χ1n) is 16.1. The van der Waals surface area contributed by atoms with Crippen LogP contribution in [0, 0.1) is 28.0 Å². The Bertz CT molecular complexity index is 2140. The fraction of sp³-hybridized carbons (Fsp3) is 0.225. The van der Waals surface area contributed by atoms with Crippen molar-refractivity contribution in [1.82, 2.24) is 0 Å². The summed E-state index contributed by atoms with van der Waals surface area (Å²) in [5.74, 6) is -0.343. The van der Waals surface area contributed by atoms with Gasteiger partial charge in [0.1, 0.15) is 16.2 Å². The summed E-state index contributed by atoms with van der Waals surface area (Å²) in [5, 5.41) is 26.1. The maximum absolute atomic E-state index is 11.1. The lowest BCUT2D eigenvalue weighted by molar-refractivity contribution is -0.551. The van der Waals surface area contributed by atoms with Crippen LogP contribution in [-0.2, 0) is 9.59 Å². The highest BCUT2D eigenvalue weighted by atomic mass is 32.2. The van der Waals surface area contributed by atoms with E-state index in [1.54, 1.807) is 46.6 Å². The van der Waals surface area contributed by atoms with Gasteiger partial charge in [-0.25, -0.2) is 0 Å². The van der Waals surface area contributed by atoms with Gasteiger partial charge in [0.05, 0.1) is 10.7 Å². The fourth-order valence-electron chi connectivity index (χ4n) is 5.47. The van der Waals surface area contributed by atoms with Crippen LogP contribution < -0.4 is 9.47 Å². The number of rotatable bonds is 13. The number of allylic oxidation sites excluding steroid dienone is 6. The molecule has 0 spiro atoms. The quantitative estimate of drug-likeness (QED) is 0.0755. The molecule has 1 aliphatic heterocycles. The molecule has 5 rings (SSSR count). The Morgan fingerprint density at radius 3 is 2.38 bits per heavy atom. The molecule has 0 unspecified atom stereocenters. The van der Waals surface area contributed by atoms with Crippen LogP contribution in [0.1, 0.15) is 31.7 Å². The minimum atomic E-state index is -0.897. The minimum Gasteiger partial charge on any atom is -0.481 e. The number of thiazole rings is 1. The van der Waals surface area contributed by atoms with Crippen molar-refractivity contribution in [3.05, 3.63) is 107 Å². The predicted octanol–water partition coefficient (Wildman–Crippen LogP) is 10.2. The molecule has 0 bridgehead atoms. The van der Waals surface area contributed by atoms with Crippen molar-refractivity contribution >= 4 is 104 Å². The van der Waals surface area contributed by atoms with Crippen LogP contribution in [0.15, 0.2) is 117 Å². The molecule has 0 fully saturated rings. The maximum atomic E-state index is 11.1. The second-order valence-corrected chi connectivity index (χ2v) is 18.2. The third kappa shape index (κ3) is 11.2. The van der Waals surface area contributed by atoms with Gasteiger partial charge in [0.25, 0.3) is 5.01 Å². The van der Waals surface area contributed by atoms with E-state index in [1.807, 2.05) is 21.6 Å². The van der Waals surface area contributed by atoms with Gasteiger partial charge in [-0.3, -0.25) is 14.5 Å². The van der Waals surface area contributed by atoms with Gasteiger partial charge in [-0.1, -0.05) is 95.4 Å². The van der Waals surface area contributed by atoms with Crippen molar-refractivity contribution in [2.75, 3.05) is 27.9 Å². The third-order valence-electron chi connectivity index (χ3n) is 7.39. The largest absolute Gasteiger partial charge is 0.481 e. The molecule has 0 amide bonds. The highest BCUT2D eigenvalue weighted by Crippen LogP contribution is 2.48. The Morgan fingerprint density at radius 2 is 1.67 bits per heavy atom. The highest BCUT2D eigenvalue weighted by Gasteiger charge is 2.29. The summed E-state index contributed by atoms with van der Waals surface area (Å²) >= 11 is 8.88. The van der Waals surface area contributed by atoms with Crippen LogP contribution in [-0.4, -0.2) is 45.2 Å². The van der Waals surface area contributed by atoms with Crippen molar-refractivity contribution in [2.45, 2.75) is 41.4 Å². The molecule has 0 radical (unpaired) electrons. The number of hydrogen-bond donors (Lipinski definition) is 2. The average molecular weight is 802 g/mol. The van der Waals surface area contributed by atoms with E-state index >= 15 is 0 Å². The monoisotopic (exact) mass is 801 g/mol. The first-order chi connectivity index (χ1) is 25.0. The number of aromatic nitrogens is 1. The van der Waals surface area contributed by atoms with Gasteiger partial charge >= 0.3 is 11.9 Å². The van der Waals surface area contributed by atoms with Gasteiger partial charge < -0.3 is 10.2 Å². The normalized spacial score (nSPS) is 16.3. The molecule has 0 saturated carbocycles. The lowest BCUT2D eigenvalue weighted by Gasteiger charge is -2.30. The van der Waals surface area contributed by atoms with Gasteiger partial charge in [0, 0.05) is 49.6 Å². The van der Waals surface area contributed by atoms with E-state index in [1.165, 1.54) is 11.1 Å². The molecule has 2 aliphatic rings. The number of carboxylic acid groups (broad SMARTS) is 2. The zero-order valence-electron chi connectivity index (χ0n) is 28.7. The summed E-state index contributed by atoms with van der Waals surface area (Å²) in [6, 6.07) is 19.1. The number of thioether (sulfide) groups is 5. The lowest BCUT2D eigenvalue weighted by atomic mass is 9.75. The molecule has 0 saturated heterocycles. The van der Waals surface area contributed by atoms with Crippen molar-refractivity contribution in [3.8, 4) is 22.6 Å². The Balaban J connectivity index is 1.46. The van der Waals surface area contributed by atoms with Crippen LogP contribution in [0.5, 0.6) is 0 Å². The zero-order valence-corrected chi connectivity index (χ0v) is 33.6. The van der Waals surface area contributed by atoms with E-state index in [4.69, 9.17) is 10.2 Å². The molecule has 6 nitrogen and oxygen atoms in total. The molecule has 2 aromatic carbocycles. The molecular formula is C40H37N2O4S6+. The standard InChI is InChI=1S/C40H36N2O4S6/c1-5-16-49-30-10-12-34-32(22-30)41(14-18-47-26-38(43)44)36(51-34)9-7-8-28-20-29(25-40(3,4)24-28)21-37-42(15-19-48-27-39(45)46)33-23-31(50-17-6-2)11-13-35(33)52-37/h5-13,20-23H,1-2,16-17,24-27H2,3-4H3,(H-,43,44,45,46)/p+1. The van der Waals surface area contributed by atoms with Crippen LogP contribution in [0.3, 0.4) is 0 Å². The number of fused-ring (bicyclic) bond motifs is 2. The molecule has 3 aromatic rings. The molecular weight excluding hydrogens is 765 g/mol. The topological polar surface area (TPSA) is 81.7 Å². The van der Waals surface area contributed by atoms with Crippen molar-refractivity contribution < 1.29 is 24.4 Å². The third-order valence-corrected chi connectivity index (χ3v) is 12.8. The van der Waals surface area contributed by atoms with E-state index < -0.39 is 11.9 Å². The molecule has 2 heterocycles. The van der Waals surface area contributed by atoms with E-state index in [9.17, 15) is 9.59 Å². The van der Waals surface area contributed by atoms with E-state index in [-0.39, 0.29) is 16.9 Å². The van der Waals surface area contributed by atoms with Crippen molar-refractivity contribution in [2.24, 2.45) is 5.41 Å². The van der Waals surface area contributed by atoms with Gasteiger partial charge in [0.15, 0.2) is 0 Å². The van der Waals surface area contributed by atoms with Crippen LogP contribution >= 0.6 is 70.1 Å². The Kier molecular flexibility index (Phi) is 14.4. The van der Waals surface area contributed by atoms with Crippen molar-refractivity contribution in [1.29, 1.82) is 0 Å². The second-order valence-electron chi connectivity index (χ2n) is 12.3. The number of carbonyl (C=O) groups is 2. The van der Waals surface area contributed by atoms with Crippen LogP contribution in [0.2, 0.25) is 0 Å². The number of anilines is 1. The SMILES string of the molecule is C=CCSc1ccc2c(c1)N(C#CSCC(=O)O)/C(=C/C1=CC(=C/C=C/c3sc4ccc(SCC=C)cc4[n+]3C#CSCC(=O)O)/CC(C)(C)C1)S2. The lowest BCUT2D eigenvalue weighted by Crippen LogP contribution is -2.29. The molecule has 0 atom stereocenters. The molecule has 2 N–H and O–H groups in total. The second kappa shape index (κ2) is 18.9. The minimum absolute atomic E-state index is 0.0309. The average Bonchev–Trinajstić information content (AvgIpc) is 3.61. The van der Waals surface area contributed by atoms with Crippen LogP contribution in [0.25, 0.3) is 16.3 Å². The molecule has 12 heteroatoms. The summed E-state index contributed by atoms with van der Waals surface area (Å²) in [4.78, 5) is 27.5. The fourth-order valence-corrected chi connectivity index (χ4v) is 9.57. The summed E-state index contributed by atoms with van der Waals surface area (Å²) in [7, 11) is 0. The molecule has 1 aliphatic carbocycles. The number of hydrogen-bond acceptors (Lipinski definition) is 9. The summed E-state index contributed by atoms with van der Waals surface area (Å²) in [5.41, 5.74) is 4.41. The van der Waals surface area contributed by atoms with E-state index in [0.717, 1.165) is 88.5 Å². The Hall–Kier alpha value is -3.62. The van der Waals surface area contributed by atoms with Gasteiger partial charge in [0.2, 0.25) is 11.6 Å². The highest BCUT2D eigenvalue weighted by molar-refractivity contribution is 8.05. The zero-order chi connectivity index (χ0) is 37.1. The van der Waals surface area contributed by atoms with Gasteiger partial charge in [-0.2, -0.15) is 0 Å².